The van der Waals surface area contributed by atoms with Crippen molar-refractivity contribution in [2.45, 2.75) is 19.4 Å². The zero-order valence-corrected chi connectivity index (χ0v) is 16.0. The van der Waals surface area contributed by atoms with Crippen LogP contribution in [0.2, 0.25) is 0 Å². The van der Waals surface area contributed by atoms with E-state index >= 15 is 0 Å². The van der Waals surface area contributed by atoms with Gasteiger partial charge < -0.3 is 5.32 Å². The van der Waals surface area contributed by atoms with Crippen molar-refractivity contribution in [3.05, 3.63) is 64.2 Å². The van der Waals surface area contributed by atoms with E-state index in [4.69, 9.17) is 5.26 Å². The number of sulfonamides is 1. The molecule has 1 atom stereocenters. The zero-order valence-electron chi connectivity index (χ0n) is 15.2. The van der Waals surface area contributed by atoms with Crippen molar-refractivity contribution in [2.75, 3.05) is 15.9 Å². The van der Waals surface area contributed by atoms with Crippen molar-refractivity contribution < 1.29 is 18.1 Å². The first kappa shape index (κ1) is 20.9. The molecule has 0 radical (unpaired) electrons. The molecule has 2 rings (SSSR count). The summed E-state index contributed by atoms with van der Waals surface area (Å²) in [5, 5.41) is 22.3. The summed E-state index contributed by atoms with van der Waals surface area (Å²) in [5.41, 5.74) is 0.949. The Bertz CT molecular complexity index is 1030. The lowest BCUT2D eigenvalue weighted by Crippen LogP contribution is -2.45. The standard InChI is InChI=1S/C18H18N4O5S/c1-13(18(23)20-15-8-6-14(7-9-15)10-11-19)21(28(2,26)27)16-4-3-5-17(12-16)22(24)25/h3-9,12-13H,10H2,1-2H3,(H,20,23). The number of non-ortho nitro benzene ring substituents is 1. The van der Waals surface area contributed by atoms with E-state index in [1.165, 1.54) is 25.1 Å². The number of amides is 1. The highest BCUT2D eigenvalue weighted by Gasteiger charge is 2.30. The van der Waals surface area contributed by atoms with E-state index in [0.29, 0.717) is 5.69 Å². The van der Waals surface area contributed by atoms with Crippen molar-refractivity contribution in [3.8, 4) is 6.07 Å². The molecular formula is C18H18N4O5S. The second-order valence-electron chi connectivity index (χ2n) is 6.03. The van der Waals surface area contributed by atoms with Crippen LogP contribution in [0.4, 0.5) is 17.1 Å². The number of nitrogens with one attached hydrogen (secondary N) is 1. The summed E-state index contributed by atoms with van der Waals surface area (Å²) < 4.78 is 25.4. The fraction of sp³-hybridized carbons (Fsp3) is 0.222. The lowest BCUT2D eigenvalue weighted by molar-refractivity contribution is -0.384. The van der Waals surface area contributed by atoms with Gasteiger partial charge in [-0.1, -0.05) is 18.2 Å². The Hall–Kier alpha value is -3.45. The molecule has 2 aromatic carbocycles. The van der Waals surface area contributed by atoms with E-state index in [0.717, 1.165) is 22.2 Å². The maximum atomic E-state index is 12.6. The summed E-state index contributed by atoms with van der Waals surface area (Å²) in [6.07, 6.45) is 1.16. The number of hydrogen-bond donors (Lipinski definition) is 1. The lowest BCUT2D eigenvalue weighted by atomic mass is 10.1. The quantitative estimate of drug-likeness (QED) is 0.558. The number of rotatable bonds is 7. The summed E-state index contributed by atoms with van der Waals surface area (Å²) in [6, 6.07) is 12.5. The normalized spacial score (nSPS) is 11.9. The van der Waals surface area contributed by atoms with Gasteiger partial charge in [0.25, 0.3) is 5.69 Å². The van der Waals surface area contributed by atoms with E-state index in [1.54, 1.807) is 24.3 Å². The fourth-order valence-corrected chi connectivity index (χ4v) is 3.76. The molecule has 0 saturated heterocycles. The van der Waals surface area contributed by atoms with Crippen LogP contribution in [0.25, 0.3) is 0 Å². The summed E-state index contributed by atoms with van der Waals surface area (Å²) in [7, 11) is -3.90. The van der Waals surface area contributed by atoms with Crippen molar-refractivity contribution >= 4 is 33.0 Å². The zero-order chi connectivity index (χ0) is 20.9. The molecule has 9 nitrogen and oxygen atoms in total. The van der Waals surface area contributed by atoms with Gasteiger partial charge in [-0.25, -0.2) is 8.42 Å². The molecule has 1 N–H and O–H groups in total. The van der Waals surface area contributed by atoms with Gasteiger partial charge in [-0.15, -0.1) is 0 Å². The summed E-state index contributed by atoms with van der Waals surface area (Å²) >= 11 is 0. The monoisotopic (exact) mass is 402 g/mol. The molecular weight excluding hydrogens is 384 g/mol. The van der Waals surface area contributed by atoms with Crippen molar-refractivity contribution in [3.63, 3.8) is 0 Å². The molecule has 0 aliphatic rings. The SMILES string of the molecule is CC(C(=O)Nc1ccc(CC#N)cc1)N(c1cccc([N+](=O)[O-])c1)S(C)(=O)=O. The third kappa shape index (κ3) is 5.05. The van der Waals surface area contributed by atoms with Crippen LogP contribution in [-0.4, -0.2) is 31.5 Å². The molecule has 0 bridgehead atoms. The first-order valence-corrected chi connectivity index (χ1v) is 9.99. The minimum absolute atomic E-state index is 0.0173. The number of nitriles is 1. The van der Waals surface area contributed by atoms with E-state index in [9.17, 15) is 23.3 Å². The number of nitro groups is 1. The maximum Gasteiger partial charge on any atom is 0.271 e. The van der Waals surface area contributed by atoms with Crippen LogP contribution in [0.1, 0.15) is 12.5 Å². The minimum atomic E-state index is -3.90. The number of nitro benzene ring substituents is 1. The van der Waals surface area contributed by atoms with E-state index in [1.807, 2.05) is 6.07 Å². The van der Waals surface area contributed by atoms with Gasteiger partial charge in [0.05, 0.1) is 29.4 Å². The van der Waals surface area contributed by atoms with Crippen LogP contribution in [0.3, 0.4) is 0 Å². The molecule has 10 heteroatoms. The molecule has 1 amide bonds. The lowest BCUT2D eigenvalue weighted by Gasteiger charge is -2.28. The highest BCUT2D eigenvalue weighted by Crippen LogP contribution is 2.25. The maximum absolute atomic E-state index is 12.6. The van der Waals surface area contributed by atoms with Gasteiger partial charge in [0.2, 0.25) is 15.9 Å². The van der Waals surface area contributed by atoms with Crippen molar-refractivity contribution in [1.29, 1.82) is 5.26 Å². The Morgan fingerprint density at radius 1 is 1.29 bits per heavy atom. The third-order valence-electron chi connectivity index (χ3n) is 3.89. The highest BCUT2D eigenvalue weighted by atomic mass is 32.2. The number of hydrogen-bond acceptors (Lipinski definition) is 6. The van der Waals surface area contributed by atoms with Crippen LogP contribution in [0, 0.1) is 21.4 Å². The topological polar surface area (TPSA) is 133 Å². The smallest absolute Gasteiger partial charge is 0.271 e. The predicted octanol–water partition coefficient (Wildman–Crippen LogP) is 2.45. The Labute approximate surface area is 162 Å². The molecule has 1 unspecified atom stereocenters. The number of benzene rings is 2. The van der Waals surface area contributed by atoms with Gasteiger partial charge in [0, 0.05) is 17.8 Å². The summed E-state index contributed by atoms with van der Waals surface area (Å²) in [6.45, 7) is 1.39. The average molecular weight is 402 g/mol. The van der Waals surface area contributed by atoms with E-state index in [2.05, 4.69) is 5.32 Å². The molecule has 28 heavy (non-hydrogen) atoms. The number of nitrogens with zero attached hydrogens (tertiary/aromatic N) is 3. The molecule has 146 valence electrons. The Kier molecular flexibility index (Phi) is 6.33. The van der Waals surface area contributed by atoms with Crippen LogP contribution >= 0.6 is 0 Å². The second kappa shape index (κ2) is 8.49. The molecule has 2 aromatic rings. The van der Waals surface area contributed by atoms with Crippen LogP contribution < -0.4 is 9.62 Å². The second-order valence-corrected chi connectivity index (χ2v) is 7.89. The van der Waals surface area contributed by atoms with Crippen LogP contribution in [-0.2, 0) is 21.2 Å². The number of carbonyl (C=O) groups excluding carboxylic acids is 1. The van der Waals surface area contributed by atoms with Gasteiger partial charge in [-0.2, -0.15) is 5.26 Å². The minimum Gasteiger partial charge on any atom is -0.324 e. The molecule has 0 aliphatic carbocycles. The largest absolute Gasteiger partial charge is 0.324 e. The first-order chi connectivity index (χ1) is 13.1. The van der Waals surface area contributed by atoms with E-state index < -0.39 is 26.9 Å². The Morgan fingerprint density at radius 2 is 1.93 bits per heavy atom. The number of anilines is 2. The van der Waals surface area contributed by atoms with Gasteiger partial charge in [0.1, 0.15) is 6.04 Å². The molecule has 0 spiro atoms. The van der Waals surface area contributed by atoms with Gasteiger partial charge in [0.15, 0.2) is 0 Å². The molecule has 0 saturated carbocycles. The van der Waals surface area contributed by atoms with Gasteiger partial charge in [-0.05, 0) is 30.7 Å². The van der Waals surface area contributed by atoms with Gasteiger partial charge >= 0.3 is 0 Å². The summed E-state index contributed by atoms with van der Waals surface area (Å²) in [4.78, 5) is 22.9. The van der Waals surface area contributed by atoms with Crippen LogP contribution in [0.15, 0.2) is 48.5 Å². The fourth-order valence-electron chi connectivity index (χ4n) is 2.60. The van der Waals surface area contributed by atoms with Crippen molar-refractivity contribution in [1.82, 2.24) is 0 Å². The van der Waals surface area contributed by atoms with Gasteiger partial charge in [-0.3, -0.25) is 19.2 Å². The predicted molar refractivity (Wildman–Crippen MR) is 104 cm³/mol. The highest BCUT2D eigenvalue weighted by molar-refractivity contribution is 7.92. The number of carbonyl (C=O) groups is 1. The first-order valence-electron chi connectivity index (χ1n) is 8.14. The molecule has 0 aliphatic heterocycles. The molecule has 0 heterocycles. The van der Waals surface area contributed by atoms with Crippen LogP contribution in [0.5, 0.6) is 0 Å². The Balaban J connectivity index is 2.29. The molecule has 0 fully saturated rings. The van der Waals surface area contributed by atoms with E-state index in [-0.39, 0.29) is 17.8 Å². The van der Waals surface area contributed by atoms with Crippen molar-refractivity contribution in [2.24, 2.45) is 0 Å². The molecule has 0 aromatic heterocycles. The summed E-state index contributed by atoms with van der Waals surface area (Å²) in [5.74, 6) is -0.607. The Morgan fingerprint density at radius 3 is 2.46 bits per heavy atom. The average Bonchev–Trinajstić information content (AvgIpc) is 2.62. The third-order valence-corrected chi connectivity index (χ3v) is 5.13.